The monoisotopic (exact) mass is 300 g/mol. The maximum absolute atomic E-state index is 13.3. The lowest BCUT2D eigenvalue weighted by molar-refractivity contribution is -0.136. The van der Waals surface area contributed by atoms with Crippen LogP contribution in [0.2, 0.25) is 0 Å². The van der Waals surface area contributed by atoms with E-state index in [-0.39, 0.29) is 12.5 Å². The quantitative estimate of drug-likeness (QED) is 0.720. The van der Waals surface area contributed by atoms with Crippen LogP contribution in [0.15, 0.2) is 18.2 Å². The molecule has 1 atom stereocenters. The third-order valence-electron chi connectivity index (χ3n) is 2.65. The molecule has 2 amide bonds. The van der Waals surface area contributed by atoms with Crippen LogP contribution in [-0.4, -0.2) is 29.6 Å². The standard InChI is InChI=1S/C14H18F2N2O3/c1-8(2)6-9(19)7-17-13(20)14(21)18-12-10(15)4-3-5-11(12)16/h3-5,8-9,19H,6-7H2,1-2H3,(H,17,20)(H,18,21). The summed E-state index contributed by atoms with van der Waals surface area (Å²) >= 11 is 0. The molecule has 5 nitrogen and oxygen atoms in total. The lowest BCUT2D eigenvalue weighted by Crippen LogP contribution is -2.40. The summed E-state index contributed by atoms with van der Waals surface area (Å²) in [5.74, 6) is -3.98. The fraction of sp³-hybridized carbons (Fsp3) is 0.429. The molecule has 1 aromatic carbocycles. The van der Waals surface area contributed by atoms with Crippen molar-refractivity contribution in [3.8, 4) is 0 Å². The van der Waals surface area contributed by atoms with E-state index in [0.717, 1.165) is 18.2 Å². The van der Waals surface area contributed by atoms with Gasteiger partial charge >= 0.3 is 11.8 Å². The van der Waals surface area contributed by atoms with Gasteiger partial charge in [-0.3, -0.25) is 9.59 Å². The third kappa shape index (κ3) is 5.47. The van der Waals surface area contributed by atoms with Crippen LogP contribution in [0, 0.1) is 17.6 Å². The van der Waals surface area contributed by atoms with Crippen LogP contribution < -0.4 is 10.6 Å². The summed E-state index contributed by atoms with van der Waals surface area (Å²) in [4.78, 5) is 23.0. The molecule has 0 saturated heterocycles. The van der Waals surface area contributed by atoms with Gasteiger partial charge in [-0.1, -0.05) is 19.9 Å². The van der Waals surface area contributed by atoms with Gasteiger partial charge in [-0.15, -0.1) is 0 Å². The highest BCUT2D eigenvalue weighted by Gasteiger charge is 2.19. The van der Waals surface area contributed by atoms with Crippen LogP contribution >= 0.6 is 0 Å². The second-order valence-electron chi connectivity index (χ2n) is 5.04. The molecule has 0 aliphatic rings. The lowest BCUT2D eigenvalue weighted by atomic mass is 10.1. The van der Waals surface area contributed by atoms with Gasteiger partial charge in [0.1, 0.15) is 17.3 Å². The number of nitrogens with one attached hydrogen (secondary N) is 2. The number of hydrogen-bond donors (Lipinski definition) is 3. The Labute approximate surface area is 121 Å². The van der Waals surface area contributed by atoms with Gasteiger partial charge in [-0.25, -0.2) is 8.78 Å². The molecular weight excluding hydrogens is 282 g/mol. The minimum Gasteiger partial charge on any atom is -0.391 e. The average molecular weight is 300 g/mol. The molecule has 7 heteroatoms. The molecule has 116 valence electrons. The van der Waals surface area contributed by atoms with Crippen LogP contribution in [0.1, 0.15) is 20.3 Å². The van der Waals surface area contributed by atoms with Crippen molar-refractivity contribution in [3.63, 3.8) is 0 Å². The summed E-state index contributed by atoms with van der Waals surface area (Å²) in [7, 11) is 0. The van der Waals surface area contributed by atoms with Crippen molar-refractivity contribution in [1.82, 2.24) is 5.32 Å². The van der Waals surface area contributed by atoms with Gasteiger partial charge in [0.15, 0.2) is 0 Å². The molecule has 21 heavy (non-hydrogen) atoms. The number of carbonyl (C=O) groups is 2. The highest BCUT2D eigenvalue weighted by Crippen LogP contribution is 2.17. The van der Waals surface area contributed by atoms with Gasteiger partial charge in [0.2, 0.25) is 0 Å². The molecule has 3 N–H and O–H groups in total. The first-order chi connectivity index (χ1) is 9.81. The first kappa shape index (κ1) is 17.0. The van der Waals surface area contributed by atoms with Gasteiger partial charge in [0, 0.05) is 6.54 Å². The molecule has 0 fully saturated rings. The van der Waals surface area contributed by atoms with Crippen LogP contribution in [0.4, 0.5) is 14.5 Å². The number of amides is 2. The lowest BCUT2D eigenvalue weighted by Gasteiger charge is -2.13. The number of anilines is 1. The Balaban J connectivity index is 2.54. The number of benzene rings is 1. The Kier molecular flexibility index (Phi) is 6.23. The third-order valence-corrected chi connectivity index (χ3v) is 2.65. The van der Waals surface area contributed by atoms with E-state index < -0.39 is 35.2 Å². The summed E-state index contributed by atoms with van der Waals surface area (Å²) in [6.07, 6.45) is -0.323. The zero-order chi connectivity index (χ0) is 16.0. The smallest absolute Gasteiger partial charge is 0.313 e. The highest BCUT2D eigenvalue weighted by molar-refractivity contribution is 6.39. The first-order valence-corrected chi connectivity index (χ1v) is 6.52. The normalized spacial score (nSPS) is 12.1. The number of rotatable bonds is 5. The van der Waals surface area contributed by atoms with E-state index in [4.69, 9.17) is 0 Å². The van der Waals surface area contributed by atoms with E-state index in [1.807, 2.05) is 19.2 Å². The van der Waals surface area contributed by atoms with Crippen molar-refractivity contribution in [2.75, 3.05) is 11.9 Å². The summed E-state index contributed by atoms with van der Waals surface area (Å²) in [5, 5.41) is 13.6. The second-order valence-corrected chi connectivity index (χ2v) is 5.04. The van der Waals surface area contributed by atoms with E-state index >= 15 is 0 Å². The first-order valence-electron chi connectivity index (χ1n) is 6.52. The Morgan fingerprint density at radius 3 is 2.29 bits per heavy atom. The van der Waals surface area contributed by atoms with Gasteiger partial charge in [-0.05, 0) is 24.5 Å². The molecule has 1 unspecified atom stereocenters. The Bertz CT molecular complexity index is 501. The molecule has 1 rings (SSSR count). The van der Waals surface area contributed by atoms with E-state index in [9.17, 15) is 23.5 Å². The van der Waals surface area contributed by atoms with Crippen molar-refractivity contribution in [2.24, 2.45) is 5.92 Å². The Morgan fingerprint density at radius 1 is 1.19 bits per heavy atom. The Morgan fingerprint density at radius 2 is 1.76 bits per heavy atom. The molecule has 0 aromatic heterocycles. The number of aliphatic hydroxyl groups is 1. The number of carbonyl (C=O) groups excluding carboxylic acids is 2. The van der Waals surface area contributed by atoms with Crippen LogP contribution in [0.3, 0.4) is 0 Å². The minimum absolute atomic E-state index is 0.107. The van der Waals surface area contributed by atoms with E-state index in [2.05, 4.69) is 5.32 Å². The van der Waals surface area contributed by atoms with Crippen molar-refractivity contribution in [3.05, 3.63) is 29.8 Å². The molecule has 1 aromatic rings. The van der Waals surface area contributed by atoms with Gasteiger partial charge in [0.05, 0.1) is 6.10 Å². The van der Waals surface area contributed by atoms with Gasteiger partial charge in [-0.2, -0.15) is 0 Å². The zero-order valence-electron chi connectivity index (χ0n) is 11.8. The van der Waals surface area contributed by atoms with Crippen molar-refractivity contribution in [2.45, 2.75) is 26.4 Å². The molecule has 0 aliphatic heterocycles. The topological polar surface area (TPSA) is 78.4 Å². The summed E-state index contributed by atoms with van der Waals surface area (Å²) in [6.45, 7) is 3.70. The average Bonchev–Trinajstić information content (AvgIpc) is 2.39. The Hall–Kier alpha value is -2.02. The van der Waals surface area contributed by atoms with Crippen LogP contribution in [0.25, 0.3) is 0 Å². The maximum Gasteiger partial charge on any atom is 0.313 e. The van der Waals surface area contributed by atoms with E-state index in [1.165, 1.54) is 0 Å². The van der Waals surface area contributed by atoms with Crippen molar-refractivity contribution in [1.29, 1.82) is 0 Å². The van der Waals surface area contributed by atoms with E-state index in [0.29, 0.717) is 6.42 Å². The zero-order valence-corrected chi connectivity index (χ0v) is 11.8. The van der Waals surface area contributed by atoms with Crippen molar-refractivity contribution < 1.29 is 23.5 Å². The number of hydrogen-bond acceptors (Lipinski definition) is 3. The fourth-order valence-corrected chi connectivity index (χ4v) is 1.71. The number of aliphatic hydroxyl groups excluding tert-OH is 1. The highest BCUT2D eigenvalue weighted by atomic mass is 19.1. The summed E-state index contributed by atoms with van der Waals surface area (Å²) in [6, 6.07) is 3.06. The van der Waals surface area contributed by atoms with E-state index in [1.54, 1.807) is 0 Å². The molecular formula is C14H18F2N2O3. The summed E-state index contributed by atoms with van der Waals surface area (Å²) < 4.78 is 26.6. The molecule has 0 saturated carbocycles. The van der Waals surface area contributed by atoms with Crippen LogP contribution in [0.5, 0.6) is 0 Å². The van der Waals surface area contributed by atoms with Crippen LogP contribution in [-0.2, 0) is 9.59 Å². The SMILES string of the molecule is CC(C)CC(O)CNC(=O)C(=O)Nc1c(F)cccc1F. The molecule has 0 heterocycles. The molecule has 0 radical (unpaired) electrons. The molecule has 0 spiro atoms. The minimum atomic E-state index is -1.20. The predicted octanol–water partition coefficient (Wildman–Crippen LogP) is 1.43. The molecule has 0 aliphatic carbocycles. The second kappa shape index (κ2) is 7.68. The van der Waals surface area contributed by atoms with Crippen molar-refractivity contribution >= 4 is 17.5 Å². The maximum atomic E-state index is 13.3. The number of halogens is 2. The predicted molar refractivity (Wildman–Crippen MR) is 73.5 cm³/mol. The largest absolute Gasteiger partial charge is 0.391 e. The molecule has 0 bridgehead atoms. The summed E-state index contributed by atoms with van der Waals surface area (Å²) in [5.41, 5.74) is -0.680. The number of para-hydroxylation sites is 1. The van der Waals surface area contributed by atoms with Gasteiger partial charge < -0.3 is 15.7 Å². The van der Waals surface area contributed by atoms with Gasteiger partial charge in [0.25, 0.3) is 0 Å². The fourth-order valence-electron chi connectivity index (χ4n) is 1.71.